The van der Waals surface area contributed by atoms with Gasteiger partial charge in [-0.2, -0.15) is 8.42 Å². The number of anilines is 1. The average molecular weight is 368 g/mol. The van der Waals surface area contributed by atoms with E-state index in [2.05, 4.69) is 15.8 Å². The summed E-state index contributed by atoms with van der Waals surface area (Å²) in [6.45, 7) is 0. The number of thiazole rings is 1. The Balaban J connectivity index is 1.79. The highest BCUT2D eigenvalue weighted by atomic mass is 35.5. The molecule has 0 fully saturated rings. The van der Waals surface area contributed by atoms with Gasteiger partial charge in [0.15, 0.2) is 15.1 Å². The van der Waals surface area contributed by atoms with Gasteiger partial charge >= 0.3 is 0 Å². The van der Waals surface area contributed by atoms with Crippen molar-refractivity contribution < 1.29 is 8.42 Å². The Morgan fingerprint density at radius 2 is 2.09 bits per heavy atom. The molecule has 0 saturated heterocycles. The van der Waals surface area contributed by atoms with Crippen molar-refractivity contribution in [3.8, 4) is 0 Å². The lowest BCUT2D eigenvalue weighted by molar-refractivity contribution is 0.596. The first-order chi connectivity index (χ1) is 11.1. The maximum atomic E-state index is 12.8. The molecule has 1 aliphatic carbocycles. The van der Waals surface area contributed by atoms with Crippen LogP contribution in [0.1, 0.15) is 24.0 Å². The summed E-state index contributed by atoms with van der Waals surface area (Å²) < 4.78 is 29.9. The molecule has 8 heteroatoms. The third-order valence-electron chi connectivity index (χ3n) is 4.07. The number of hydrogen-bond acceptors (Lipinski definition) is 4. The first-order valence-electron chi connectivity index (χ1n) is 7.31. The molecule has 0 amide bonds. The number of halogens is 1. The molecule has 0 saturated carbocycles. The van der Waals surface area contributed by atoms with Crippen LogP contribution in [0.5, 0.6) is 0 Å². The van der Waals surface area contributed by atoms with Gasteiger partial charge in [0, 0.05) is 11.6 Å². The molecular weight excluding hydrogens is 354 g/mol. The van der Waals surface area contributed by atoms with Gasteiger partial charge in [-0.3, -0.25) is 9.12 Å². The third-order valence-corrected chi connectivity index (χ3v) is 6.59. The maximum Gasteiger partial charge on any atom is 0.281 e. The summed E-state index contributed by atoms with van der Waals surface area (Å²) >= 11 is 7.40. The number of aryl methyl sites for hydroxylation is 1. The van der Waals surface area contributed by atoms with E-state index in [1.807, 2.05) is 12.1 Å². The molecule has 0 atom stereocenters. The minimum Gasteiger partial charge on any atom is -0.278 e. The molecule has 0 aliphatic heterocycles. The molecule has 0 bridgehead atoms. The van der Waals surface area contributed by atoms with Crippen LogP contribution in [-0.4, -0.2) is 17.8 Å². The molecule has 120 valence electrons. The van der Waals surface area contributed by atoms with Crippen LogP contribution in [-0.2, 0) is 22.9 Å². The van der Waals surface area contributed by atoms with E-state index < -0.39 is 10.0 Å². The lowest BCUT2D eigenvalue weighted by Crippen LogP contribution is -2.17. The number of nitrogens with one attached hydrogen (secondary N) is 1. The smallest absolute Gasteiger partial charge is 0.278 e. The van der Waals surface area contributed by atoms with Crippen LogP contribution in [0.15, 0.2) is 34.8 Å². The van der Waals surface area contributed by atoms with Gasteiger partial charge in [-0.25, -0.2) is 4.98 Å². The van der Waals surface area contributed by atoms with E-state index in [1.54, 1.807) is 11.6 Å². The molecule has 0 radical (unpaired) electrons. The largest absolute Gasteiger partial charge is 0.281 e. The molecule has 2 aromatic heterocycles. The first kappa shape index (κ1) is 15.0. The number of benzene rings is 1. The van der Waals surface area contributed by atoms with Gasteiger partial charge in [-0.1, -0.05) is 23.7 Å². The van der Waals surface area contributed by atoms with Gasteiger partial charge in [0.1, 0.15) is 0 Å². The molecule has 1 aliphatic rings. The number of aromatic nitrogens is 2. The van der Waals surface area contributed by atoms with Crippen molar-refractivity contribution in [1.82, 2.24) is 9.38 Å². The summed E-state index contributed by atoms with van der Waals surface area (Å²) in [6, 6.07) is 5.76. The molecule has 0 unspecified atom stereocenters. The van der Waals surface area contributed by atoms with Crippen molar-refractivity contribution in [3.05, 3.63) is 46.1 Å². The summed E-state index contributed by atoms with van der Waals surface area (Å²) in [5.74, 6) is 0. The molecule has 0 spiro atoms. The predicted octanol–water partition coefficient (Wildman–Crippen LogP) is 3.73. The molecule has 1 N–H and O–H groups in total. The zero-order chi connectivity index (χ0) is 16.0. The minimum absolute atomic E-state index is 0.00542. The third kappa shape index (κ3) is 2.52. The monoisotopic (exact) mass is 367 g/mol. The van der Waals surface area contributed by atoms with E-state index in [1.165, 1.54) is 21.3 Å². The van der Waals surface area contributed by atoms with Crippen molar-refractivity contribution in [1.29, 1.82) is 0 Å². The fourth-order valence-corrected chi connectivity index (χ4v) is 5.60. The van der Waals surface area contributed by atoms with Crippen molar-refractivity contribution in [2.75, 3.05) is 4.72 Å². The zero-order valence-corrected chi connectivity index (χ0v) is 14.5. The van der Waals surface area contributed by atoms with Crippen LogP contribution in [0.4, 0.5) is 5.69 Å². The van der Waals surface area contributed by atoms with E-state index in [4.69, 9.17) is 11.6 Å². The summed E-state index contributed by atoms with van der Waals surface area (Å²) in [6.07, 6.45) is 5.77. The normalized spacial score (nSPS) is 14.8. The van der Waals surface area contributed by atoms with Crippen molar-refractivity contribution in [2.24, 2.45) is 0 Å². The average Bonchev–Trinajstić information content (AvgIpc) is 3.06. The van der Waals surface area contributed by atoms with Crippen LogP contribution in [0.25, 0.3) is 4.96 Å². The molecule has 1 aromatic carbocycles. The molecule has 5 nitrogen and oxygen atoms in total. The summed E-state index contributed by atoms with van der Waals surface area (Å²) in [4.78, 5) is 4.66. The fraction of sp³-hybridized carbons (Fsp3) is 0.267. The molecule has 3 aromatic rings. The quantitative estimate of drug-likeness (QED) is 0.767. The fourth-order valence-electron chi connectivity index (χ4n) is 3.05. The number of imidazole rings is 1. The molecular formula is C15H14ClN3O2S2. The molecule has 4 rings (SSSR count). The van der Waals surface area contributed by atoms with Crippen LogP contribution < -0.4 is 4.72 Å². The SMILES string of the molecule is O=S(=O)(Nc1cccc2c1CCCC2)c1c(Cl)nc2sccn12. The van der Waals surface area contributed by atoms with Gasteiger partial charge in [0.25, 0.3) is 10.0 Å². The van der Waals surface area contributed by atoms with Crippen molar-refractivity contribution in [2.45, 2.75) is 30.7 Å². The Morgan fingerprint density at radius 3 is 2.96 bits per heavy atom. The zero-order valence-electron chi connectivity index (χ0n) is 12.1. The predicted molar refractivity (Wildman–Crippen MR) is 92.0 cm³/mol. The van der Waals surface area contributed by atoms with Gasteiger partial charge < -0.3 is 0 Å². The van der Waals surface area contributed by atoms with E-state index in [9.17, 15) is 8.42 Å². The number of sulfonamides is 1. The van der Waals surface area contributed by atoms with Crippen LogP contribution in [0.3, 0.4) is 0 Å². The number of rotatable bonds is 3. The maximum absolute atomic E-state index is 12.8. The molecule has 23 heavy (non-hydrogen) atoms. The van der Waals surface area contributed by atoms with Crippen LogP contribution in [0.2, 0.25) is 5.15 Å². The summed E-state index contributed by atoms with van der Waals surface area (Å²) in [5.41, 5.74) is 2.95. The van der Waals surface area contributed by atoms with Crippen molar-refractivity contribution in [3.63, 3.8) is 0 Å². The second kappa shape index (κ2) is 5.51. The Bertz CT molecular complexity index is 991. The Labute approximate surface area is 143 Å². The van der Waals surface area contributed by atoms with Gasteiger partial charge in [0.05, 0.1) is 5.69 Å². The second-order valence-electron chi connectivity index (χ2n) is 5.52. The van der Waals surface area contributed by atoms with E-state index in [-0.39, 0.29) is 10.2 Å². The lowest BCUT2D eigenvalue weighted by atomic mass is 9.91. The Kier molecular flexibility index (Phi) is 3.59. The number of hydrogen-bond donors (Lipinski definition) is 1. The highest BCUT2D eigenvalue weighted by Crippen LogP contribution is 2.31. The number of fused-ring (bicyclic) bond motifs is 2. The van der Waals surface area contributed by atoms with E-state index in [0.717, 1.165) is 31.2 Å². The first-order valence-corrected chi connectivity index (χ1v) is 10.0. The molecule has 2 heterocycles. The van der Waals surface area contributed by atoms with Crippen LogP contribution >= 0.6 is 22.9 Å². The summed E-state index contributed by atoms with van der Waals surface area (Å²) in [7, 11) is -3.81. The second-order valence-corrected chi connectivity index (χ2v) is 8.35. The van der Waals surface area contributed by atoms with Gasteiger partial charge in [0.2, 0.25) is 0 Å². The highest BCUT2D eigenvalue weighted by Gasteiger charge is 2.26. The summed E-state index contributed by atoms with van der Waals surface area (Å²) in [5, 5.41) is 1.76. The van der Waals surface area contributed by atoms with E-state index >= 15 is 0 Å². The topological polar surface area (TPSA) is 63.5 Å². The number of nitrogens with zero attached hydrogens (tertiary/aromatic N) is 2. The van der Waals surface area contributed by atoms with Crippen LogP contribution in [0, 0.1) is 0 Å². The van der Waals surface area contributed by atoms with Gasteiger partial charge in [-0.15, -0.1) is 11.3 Å². The Hall–Kier alpha value is -1.57. The standard InChI is InChI=1S/C15H14ClN3O2S2/c16-13-14(19-8-9-22-15(19)17-13)23(20,21)18-12-7-3-5-10-4-1-2-6-11(10)12/h3,5,7-9,18H,1-2,4,6H2. The van der Waals surface area contributed by atoms with Gasteiger partial charge in [-0.05, 0) is 42.9 Å². The Morgan fingerprint density at radius 1 is 1.26 bits per heavy atom. The van der Waals surface area contributed by atoms with E-state index in [0.29, 0.717) is 10.6 Å². The lowest BCUT2D eigenvalue weighted by Gasteiger charge is -2.20. The highest BCUT2D eigenvalue weighted by molar-refractivity contribution is 7.92. The minimum atomic E-state index is -3.81. The van der Waals surface area contributed by atoms with Crippen molar-refractivity contribution >= 4 is 43.6 Å².